The Hall–Kier alpha value is -3.45. The fourth-order valence-electron chi connectivity index (χ4n) is 3.08. The molecule has 2 aromatic carbocycles. The molecule has 31 heavy (non-hydrogen) atoms. The van der Waals surface area contributed by atoms with Gasteiger partial charge in [-0.1, -0.05) is 24.2 Å². The van der Waals surface area contributed by atoms with E-state index in [0.717, 1.165) is 18.4 Å². The lowest BCUT2D eigenvalue weighted by molar-refractivity contribution is 0.0936. The maximum absolute atomic E-state index is 14.5. The molecule has 0 radical (unpaired) electrons. The number of aromatic nitrogens is 2. The average molecular weight is 439 g/mol. The smallest absolute Gasteiger partial charge is 0.255 e. The Kier molecular flexibility index (Phi) is 5.86. The molecule has 2 N–H and O–H groups in total. The van der Waals surface area contributed by atoms with Crippen molar-refractivity contribution in [2.45, 2.75) is 24.9 Å². The second-order valence-corrected chi connectivity index (χ2v) is 7.75. The van der Waals surface area contributed by atoms with Crippen molar-refractivity contribution in [3.05, 3.63) is 95.4 Å². The first-order chi connectivity index (χ1) is 14.9. The van der Waals surface area contributed by atoms with Crippen LogP contribution in [0.1, 0.15) is 28.8 Å². The van der Waals surface area contributed by atoms with Crippen molar-refractivity contribution in [2.75, 3.05) is 0 Å². The van der Waals surface area contributed by atoms with Gasteiger partial charge in [0.05, 0.1) is 11.1 Å². The van der Waals surface area contributed by atoms with Crippen LogP contribution in [0.2, 0.25) is 5.02 Å². The van der Waals surface area contributed by atoms with Crippen molar-refractivity contribution in [1.29, 1.82) is 0 Å². The van der Waals surface area contributed by atoms with Gasteiger partial charge in [-0.15, -0.1) is 0 Å². The maximum atomic E-state index is 14.5. The monoisotopic (exact) mass is 438 g/mol. The molecule has 1 amide bonds. The van der Waals surface area contributed by atoms with Gasteiger partial charge in [0.15, 0.2) is 11.6 Å². The molecule has 3 aromatic rings. The van der Waals surface area contributed by atoms with Crippen LogP contribution in [0.15, 0.2) is 73.5 Å². The van der Waals surface area contributed by atoms with E-state index in [2.05, 4.69) is 27.2 Å². The van der Waals surface area contributed by atoms with Gasteiger partial charge >= 0.3 is 0 Å². The molecule has 1 aliphatic rings. The number of benzene rings is 2. The van der Waals surface area contributed by atoms with Crippen molar-refractivity contribution in [2.24, 2.45) is 0 Å². The minimum absolute atomic E-state index is 0.126. The molecular formula is C23H20ClFN4O2. The third-order valence-corrected chi connectivity index (χ3v) is 5.30. The van der Waals surface area contributed by atoms with Gasteiger partial charge in [-0.2, -0.15) is 0 Å². The predicted molar refractivity (Wildman–Crippen MR) is 115 cm³/mol. The summed E-state index contributed by atoms with van der Waals surface area (Å²) in [6.07, 6.45) is 5.85. The number of carbonyl (C=O) groups excluding carboxylic acids is 1. The first-order valence-corrected chi connectivity index (χ1v) is 10.1. The van der Waals surface area contributed by atoms with Crippen molar-refractivity contribution in [3.8, 4) is 11.5 Å². The summed E-state index contributed by atoms with van der Waals surface area (Å²) in [5, 5.41) is 6.77. The van der Waals surface area contributed by atoms with Crippen LogP contribution in [0.3, 0.4) is 0 Å². The summed E-state index contributed by atoms with van der Waals surface area (Å²) in [7, 11) is 0. The lowest BCUT2D eigenvalue weighted by Crippen LogP contribution is -2.42. The quantitative estimate of drug-likeness (QED) is 0.536. The second kappa shape index (κ2) is 8.73. The zero-order valence-corrected chi connectivity index (χ0v) is 17.3. The highest BCUT2D eigenvalue weighted by Gasteiger charge is 2.47. The van der Waals surface area contributed by atoms with Gasteiger partial charge in [0.2, 0.25) is 0 Å². The molecule has 1 saturated carbocycles. The Morgan fingerprint density at radius 1 is 1.16 bits per heavy atom. The third kappa shape index (κ3) is 5.00. The highest BCUT2D eigenvalue weighted by atomic mass is 35.5. The number of amides is 1. The number of halogens is 2. The van der Waals surface area contributed by atoms with Crippen molar-refractivity contribution in [3.63, 3.8) is 0 Å². The third-order valence-electron chi connectivity index (χ3n) is 5.05. The van der Waals surface area contributed by atoms with Gasteiger partial charge in [0, 0.05) is 29.7 Å². The molecular weight excluding hydrogens is 419 g/mol. The summed E-state index contributed by atoms with van der Waals surface area (Å²) in [5.41, 5.74) is 1.28. The normalized spacial score (nSPS) is 13.9. The van der Waals surface area contributed by atoms with Gasteiger partial charge < -0.3 is 15.4 Å². The molecule has 0 spiro atoms. The molecule has 158 valence electrons. The second-order valence-electron chi connectivity index (χ2n) is 7.32. The van der Waals surface area contributed by atoms with Crippen molar-refractivity contribution < 1.29 is 13.9 Å². The molecule has 0 bridgehead atoms. The Morgan fingerprint density at radius 2 is 1.87 bits per heavy atom. The number of hydrogen-bond donors (Lipinski definition) is 2. The molecule has 1 aromatic heterocycles. The summed E-state index contributed by atoms with van der Waals surface area (Å²) in [6, 6.07) is 11.5. The molecule has 0 unspecified atom stereocenters. The van der Waals surface area contributed by atoms with Crippen LogP contribution in [-0.4, -0.2) is 21.4 Å². The lowest BCUT2D eigenvalue weighted by atomic mass is 10.1. The summed E-state index contributed by atoms with van der Waals surface area (Å²) in [5.74, 6) is -0.104. The summed E-state index contributed by atoms with van der Waals surface area (Å²) < 4.78 is 20.0. The Balaban J connectivity index is 1.34. The van der Waals surface area contributed by atoms with E-state index in [1.54, 1.807) is 36.4 Å². The van der Waals surface area contributed by atoms with Crippen LogP contribution in [0.5, 0.6) is 11.5 Å². The number of nitrogens with zero attached hydrogens (tertiary/aromatic N) is 2. The molecule has 6 nitrogen and oxygen atoms in total. The van der Waals surface area contributed by atoms with Gasteiger partial charge in [-0.25, -0.2) is 14.4 Å². The summed E-state index contributed by atoms with van der Waals surface area (Å²) >= 11 is 5.85. The largest absolute Gasteiger partial charge is 0.454 e. The zero-order valence-electron chi connectivity index (χ0n) is 16.6. The molecule has 1 heterocycles. The predicted octanol–water partition coefficient (Wildman–Crippen LogP) is 4.63. The maximum Gasteiger partial charge on any atom is 0.255 e. The minimum Gasteiger partial charge on any atom is -0.454 e. The van der Waals surface area contributed by atoms with Crippen LogP contribution >= 0.6 is 11.6 Å². The molecule has 0 aliphatic heterocycles. The van der Waals surface area contributed by atoms with E-state index in [-0.39, 0.29) is 11.7 Å². The van der Waals surface area contributed by atoms with Gasteiger partial charge in [-0.05, 0) is 54.8 Å². The van der Waals surface area contributed by atoms with Crippen LogP contribution in [-0.2, 0) is 6.54 Å². The van der Waals surface area contributed by atoms with E-state index in [4.69, 9.17) is 16.3 Å². The summed E-state index contributed by atoms with van der Waals surface area (Å²) in [6.45, 7) is 4.43. The van der Waals surface area contributed by atoms with Crippen molar-refractivity contribution in [1.82, 2.24) is 20.6 Å². The zero-order chi connectivity index (χ0) is 21.8. The summed E-state index contributed by atoms with van der Waals surface area (Å²) in [4.78, 5) is 20.1. The molecule has 0 saturated heterocycles. The van der Waals surface area contributed by atoms with E-state index in [9.17, 15) is 9.18 Å². The SMILES string of the molecule is C=C(NCc1ccc(Oc2ccc(Cl)cc2)c(F)c1)C1(NC(=O)c2cncnc2)CC1. The van der Waals surface area contributed by atoms with Crippen LogP contribution in [0, 0.1) is 5.82 Å². The van der Waals surface area contributed by atoms with E-state index >= 15 is 0 Å². The fourth-order valence-corrected chi connectivity index (χ4v) is 3.20. The molecule has 8 heteroatoms. The highest BCUT2D eigenvalue weighted by Crippen LogP contribution is 2.40. The molecule has 0 atom stereocenters. The van der Waals surface area contributed by atoms with Crippen LogP contribution < -0.4 is 15.4 Å². The standard InChI is InChI=1S/C23H20ClFN4O2/c1-15(23(8-9-23)29-22(30)17-12-26-14-27-13-17)28-11-16-2-7-21(20(25)10-16)31-19-5-3-18(24)4-6-19/h2-7,10,12-14,28H,1,8-9,11H2,(H,29,30). The first kappa shape index (κ1) is 20.8. The molecule has 4 rings (SSSR count). The van der Waals surface area contributed by atoms with E-state index in [1.165, 1.54) is 24.8 Å². The van der Waals surface area contributed by atoms with E-state index in [0.29, 0.717) is 28.6 Å². The fraction of sp³-hybridized carbons (Fsp3) is 0.174. The van der Waals surface area contributed by atoms with Gasteiger partial charge in [-0.3, -0.25) is 4.79 Å². The number of ether oxygens (including phenoxy) is 1. The van der Waals surface area contributed by atoms with Crippen molar-refractivity contribution >= 4 is 17.5 Å². The van der Waals surface area contributed by atoms with Crippen LogP contribution in [0.4, 0.5) is 4.39 Å². The van der Waals surface area contributed by atoms with Crippen LogP contribution in [0.25, 0.3) is 0 Å². The Bertz CT molecular complexity index is 1100. The first-order valence-electron chi connectivity index (χ1n) is 9.68. The van der Waals surface area contributed by atoms with Gasteiger partial charge in [0.1, 0.15) is 12.1 Å². The minimum atomic E-state index is -0.511. The molecule has 1 aliphatic carbocycles. The topological polar surface area (TPSA) is 76.1 Å². The number of nitrogens with one attached hydrogen (secondary N) is 2. The molecule has 1 fully saturated rings. The average Bonchev–Trinajstić information content (AvgIpc) is 3.56. The number of carbonyl (C=O) groups is 1. The number of hydrogen-bond acceptors (Lipinski definition) is 5. The lowest BCUT2D eigenvalue weighted by Gasteiger charge is -2.22. The Morgan fingerprint density at radius 3 is 2.52 bits per heavy atom. The van der Waals surface area contributed by atoms with E-state index < -0.39 is 11.4 Å². The van der Waals surface area contributed by atoms with Gasteiger partial charge in [0.25, 0.3) is 5.91 Å². The Labute approximate surface area is 184 Å². The highest BCUT2D eigenvalue weighted by molar-refractivity contribution is 6.30. The van der Waals surface area contributed by atoms with E-state index in [1.807, 2.05) is 0 Å². The number of rotatable bonds is 8.